The summed E-state index contributed by atoms with van der Waals surface area (Å²) in [4.78, 5) is 39.4. The fraction of sp³-hybridized carbons (Fsp3) is 0.0645. The van der Waals surface area contributed by atoms with Crippen molar-refractivity contribution in [3.63, 3.8) is 0 Å². The molecule has 5 N–H and O–H groups in total. The summed E-state index contributed by atoms with van der Waals surface area (Å²) in [7, 11) is -2.29. The lowest BCUT2D eigenvalue weighted by Crippen LogP contribution is -2.30. The van der Waals surface area contributed by atoms with Crippen LogP contribution in [0.5, 0.6) is 5.75 Å². The van der Waals surface area contributed by atoms with Crippen LogP contribution >= 0.6 is 11.8 Å². The van der Waals surface area contributed by atoms with E-state index in [9.17, 15) is 22.8 Å². The minimum absolute atomic E-state index is 0.0213. The molecule has 0 aliphatic heterocycles. The molecule has 220 valence electrons. The normalized spacial score (nSPS) is 11.3. The number of amides is 3. The Labute approximate surface area is 253 Å². The molecule has 10 nitrogen and oxygen atoms in total. The van der Waals surface area contributed by atoms with E-state index in [4.69, 9.17) is 9.88 Å². The molecule has 0 atom stereocenters. The summed E-state index contributed by atoms with van der Waals surface area (Å²) in [6, 6.07) is 28.0. The van der Waals surface area contributed by atoms with Crippen molar-refractivity contribution < 1.29 is 27.5 Å². The molecule has 4 aromatic carbocycles. The standard InChI is InChI=1S/C31H28N4O6S2/c1-41-25-11-5-7-21(17-25)18-28(35-30(37)22-8-3-2-4-9-22)31(38)34-24-10-6-12-26(19-24)42-20-29(36)33-23-13-15-27(16-14-23)43(32,39)40/h2-19H,20H2,1H3,(H,33,36)(H,34,38)(H,35,37)(H2,32,39,40)/b28-18-. The SMILES string of the molecule is COc1cccc(/C=C(\NC(=O)c2ccccc2)C(=O)Nc2cccc(SCC(=O)Nc3ccc(S(N)(=O)=O)cc3)c2)c1. The lowest BCUT2D eigenvalue weighted by Gasteiger charge is -2.12. The van der Waals surface area contributed by atoms with Gasteiger partial charge in [-0.1, -0.05) is 36.4 Å². The van der Waals surface area contributed by atoms with Crippen molar-refractivity contribution in [1.29, 1.82) is 0 Å². The van der Waals surface area contributed by atoms with Crippen LogP contribution < -0.4 is 25.8 Å². The number of hydrogen-bond acceptors (Lipinski definition) is 7. The zero-order valence-electron chi connectivity index (χ0n) is 22.9. The van der Waals surface area contributed by atoms with Crippen molar-refractivity contribution in [2.45, 2.75) is 9.79 Å². The quantitative estimate of drug-likeness (QED) is 0.143. The van der Waals surface area contributed by atoms with Gasteiger partial charge in [-0.05, 0) is 78.4 Å². The van der Waals surface area contributed by atoms with E-state index in [1.54, 1.807) is 84.9 Å². The van der Waals surface area contributed by atoms with Crippen LogP contribution in [0, 0.1) is 0 Å². The Balaban J connectivity index is 1.44. The third-order valence-corrected chi connectivity index (χ3v) is 7.79. The highest BCUT2D eigenvalue weighted by Gasteiger charge is 2.16. The van der Waals surface area contributed by atoms with Crippen LogP contribution in [0.3, 0.4) is 0 Å². The number of nitrogens with one attached hydrogen (secondary N) is 3. The number of rotatable bonds is 11. The second-order valence-corrected chi connectivity index (χ2v) is 11.7. The predicted octanol–water partition coefficient (Wildman–Crippen LogP) is 4.48. The molecular formula is C31H28N4O6S2. The van der Waals surface area contributed by atoms with Gasteiger partial charge in [0.25, 0.3) is 11.8 Å². The molecule has 4 rings (SSSR count). The molecule has 3 amide bonds. The van der Waals surface area contributed by atoms with E-state index in [1.165, 1.54) is 43.1 Å². The average molecular weight is 617 g/mol. The third-order valence-electron chi connectivity index (χ3n) is 5.86. The zero-order chi connectivity index (χ0) is 30.8. The van der Waals surface area contributed by atoms with Gasteiger partial charge in [-0.25, -0.2) is 13.6 Å². The maximum atomic E-state index is 13.4. The van der Waals surface area contributed by atoms with Crippen LogP contribution in [0.1, 0.15) is 15.9 Å². The summed E-state index contributed by atoms with van der Waals surface area (Å²) in [5, 5.41) is 13.3. The van der Waals surface area contributed by atoms with Gasteiger partial charge >= 0.3 is 0 Å². The number of hydrogen-bond donors (Lipinski definition) is 4. The van der Waals surface area contributed by atoms with Crippen molar-refractivity contribution in [1.82, 2.24) is 5.32 Å². The Morgan fingerprint density at radius 2 is 1.56 bits per heavy atom. The van der Waals surface area contributed by atoms with Gasteiger partial charge in [0.2, 0.25) is 15.9 Å². The Hall–Kier alpha value is -4.91. The van der Waals surface area contributed by atoms with Crippen LogP contribution in [0.2, 0.25) is 0 Å². The fourth-order valence-corrected chi connectivity index (χ4v) is 5.05. The van der Waals surface area contributed by atoms with Crippen LogP contribution in [-0.2, 0) is 19.6 Å². The van der Waals surface area contributed by atoms with Gasteiger partial charge in [-0.3, -0.25) is 14.4 Å². The molecular weight excluding hydrogens is 588 g/mol. The number of primary sulfonamides is 1. The fourth-order valence-electron chi connectivity index (χ4n) is 3.78. The minimum atomic E-state index is -3.83. The first-order chi connectivity index (χ1) is 20.6. The summed E-state index contributed by atoms with van der Waals surface area (Å²) >= 11 is 1.24. The minimum Gasteiger partial charge on any atom is -0.497 e. The van der Waals surface area contributed by atoms with E-state index in [-0.39, 0.29) is 22.3 Å². The highest BCUT2D eigenvalue weighted by molar-refractivity contribution is 8.00. The van der Waals surface area contributed by atoms with Gasteiger partial charge in [0.1, 0.15) is 11.4 Å². The van der Waals surface area contributed by atoms with Crippen molar-refractivity contribution in [3.8, 4) is 5.75 Å². The number of anilines is 2. The smallest absolute Gasteiger partial charge is 0.272 e. The molecule has 0 fully saturated rings. The van der Waals surface area contributed by atoms with Crippen LogP contribution in [-0.4, -0.2) is 39.0 Å². The first kappa shape index (κ1) is 31.0. The average Bonchev–Trinajstić information content (AvgIpc) is 3.00. The molecule has 43 heavy (non-hydrogen) atoms. The van der Waals surface area contributed by atoms with Crippen molar-refractivity contribution in [3.05, 3.63) is 120 Å². The number of carbonyl (C=O) groups excluding carboxylic acids is 3. The second kappa shape index (κ2) is 14.3. The van der Waals surface area contributed by atoms with Crippen molar-refractivity contribution in [2.24, 2.45) is 5.14 Å². The second-order valence-electron chi connectivity index (χ2n) is 9.04. The maximum absolute atomic E-state index is 13.4. The molecule has 0 radical (unpaired) electrons. The van der Waals surface area contributed by atoms with Crippen molar-refractivity contribution >= 4 is 57.0 Å². The number of carbonyl (C=O) groups is 3. The molecule has 0 unspecified atom stereocenters. The molecule has 0 aliphatic carbocycles. The maximum Gasteiger partial charge on any atom is 0.272 e. The highest BCUT2D eigenvalue weighted by atomic mass is 32.2. The van der Waals surface area contributed by atoms with Gasteiger partial charge in [0, 0.05) is 21.8 Å². The van der Waals surface area contributed by atoms with Gasteiger partial charge in [-0.15, -0.1) is 11.8 Å². The number of benzene rings is 4. The topological polar surface area (TPSA) is 157 Å². The molecule has 4 aromatic rings. The van der Waals surface area contributed by atoms with Crippen LogP contribution in [0.25, 0.3) is 6.08 Å². The molecule has 0 saturated carbocycles. The monoisotopic (exact) mass is 616 g/mol. The Morgan fingerprint density at radius 3 is 2.26 bits per heavy atom. The van der Waals surface area contributed by atoms with E-state index in [2.05, 4.69) is 16.0 Å². The first-order valence-electron chi connectivity index (χ1n) is 12.8. The van der Waals surface area contributed by atoms with E-state index in [1.807, 2.05) is 0 Å². The summed E-state index contributed by atoms with van der Waals surface area (Å²) in [6.45, 7) is 0. The van der Waals surface area contributed by atoms with Gasteiger partial charge in [-0.2, -0.15) is 0 Å². The molecule has 0 saturated heterocycles. The predicted molar refractivity (Wildman–Crippen MR) is 167 cm³/mol. The number of thioether (sulfide) groups is 1. The van der Waals surface area contributed by atoms with E-state index >= 15 is 0 Å². The van der Waals surface area contributed by atoms with Crippen LogP contribution in [0.15, 0.2) is 119 Å². The Morgan fingerprint density at radius 1 is 0.837 bits per heavy atom. The van der Waals surface area contributed by atoms with E-state index in [0.29, 0.717) is 33.1 Å². The largest absolute Gasteiger partial charge is 0.497 e. The Kier molecular flexibility index (Phi) is 10.3. The van der Waals surface area contributed by atoms with Gasteiger partial charge < -0.3 is 20.7 Å². The van der Waals surface area contributed by atoms with Gasteiger partial charge in [0.15, 0.2) is 0 Å². The molecule has 0 bridgehead atoms. The molecule has 0 heterocycles. The molecule has 0 aromatic heterocycles. The summed E-state index contributed by atoms with van der Waals surface area (Å²) in [5.41, 5.74) is 1.94. The number of nitrogens with two attached hydrogens (primary N) is 1. The summed E-state index contributed by atoms with van der Waals surface area (Å²) in [6.07, 6.45) is 1.55. The molecule has 0 aliphatic rings. The third kappa shape index (κ3) is 9.30. The lowest BCUT2D eigenvalue weighted by atomic mass is 10.1. The van der Waals surface area contributed by atoms with Crippen molar-refractivity contribution in [2.75, 3.05) is 23.5 Å². The zero-order valence-corrected chi connectivity index (χ0v) is 24.6. The first-order valence-corrected chi connectivity index (χ1v) is 15.3. The number of ether oxygens (including phenoxy) is 1. The summed E-state index contributed by atoms with van der Waals surface area (Å²) in [5.74, 6) is -0.649. The molecule has 12 heteroatoms. The number of methoxy groups -OCH3 is 1. The Bertz CT molecular complexity index is 1760. The highest BCUT2D eigenvalue weighted by Crippen LogP contribution is 2.23. The molecule has 0 spiro atoms. The van der Waals surface area contributed by atoms with Gasteiger partial charge in [0.05, 0.1) is 17.8 Å². The summed E-state index contributed by atoms with van der Waals surface area (Å²) < 4.78 is 28.1. The number of sulfonamides is 1. The van der Waals surface area contributed by atoms with E-state index < -0.39 is 21.8 Å². The lowest BCUT2D eigenvalue weighted by molar-refractivity contribution is -0.114. The van der Waals surface area contributed by atoms with Crippen LogP contribution in [0.4, 0.5) is 11.4 Å². The van der Waals surface area contributed by atoms with E-state index in [0.717, 1.165) is 0 Å².